The lowest BCUT2D eigenvalue weighted by molar-refractivity contribution is -0.136. The second kappa shape index (κ2) is 9.36. The SMILES string of the molecule is CCN(CC)Cc1ccccc1CNC(=O)C1CCN(C(=O)C2CC2)CC1. The van der Waals surface area contributed by atoms with Gasteiger partial charge in [-0.1, -0.05) is 38.1 Å². The number of rotatable bonds is 8. The molecular weight excluding hydrogens is 338 g/mol. The molecule has 1 aliphatic heterocycles. The van der Waals surface area contributed by atoms with Crippen LogP contribution < -0.4 is 5.32 Å². The van der Waals surface area contributed by atoms with Crippen molar-refractivity contribution in [2.75, 3.05) is 26.2 Å². The van der Waals surface area contributed by atoms with Gasteiger partial charge >= 0.3 is 0 Å². The minimum Gasteiger partial charge on any atom is -0.352 e. The predicted molar refractivity (Wildman–Crippen MR) is 107 cm³/mol. The minimum atomic E-state index is 0.0307. The van der Waals surface area contributed by atoms with E-state index in [-0.39, 0.29) is 17.7 Å². The van der Waals surface area contributed by atoms with Gasteiger partial charge in [0, 0.05) is 38.0 Å². The van der Waals surface area contributed by atoms with Gasteiger partial charge in [0.25, 0.3) is 0 Å². The molecule has 0 radical (unpaired) electrons. The Morgan fingerprint density at radius 2 is 1.63 bits per heavy atom. The highest BCUT2D eigenvalue weighted by Crippen LogP contribution is 2.32. The first-order chi connectivity index (χ1) is 13.1. The molecule has 1 saturated heterocycles. The molecule has 2 amide bonds. The number of hydrogen-bond donors (Lipinski definition) is 1. The number of carbonyl (C=O) groups is 2. The third-order valence-electron chi connectivity index (χ3n) is 5.96. The van der Waals surface area contributed by atoms with Gasteiger partial charge in [-0.25, -0.2) is 0 Å². The van der Waals surface area contributed by atoms with Crippen LogP contribution in [0.15, 0.2) is 24.3 Å². The van der Waals surface area contributed by atoms with Crippen molar-refractivity contribution >= 4 is 11.8 Å². The van der Waals surface area contributed by atoms with Crippen LogP contribution in [-0.4, -0.2) is 47.8 Å². The number of hydrogen-bond acceptors (Lipinski definition) is 3. The number of benzene rings is 1. The summed E-state index contributed by atoms with van der Waals surface area (Å²) in [6.45, 7) is 9.35. The van der Waals surface area contributed by atoms with Crippen LogP contribution in [0.1, 0.15) is 50.7 Å². The monoisotopic (exact) mass is 371 g/mol. The number of piperidine rings is 1. The Hall–Kier alpha value is -1.88. The largest absolute Gasteiger partial charge is 0.352 e. The molecule has 0 aromatic heterocycles. The van der Waals surface area contributed by atoms with Crippen molar-refractivity contribution in [2.45, 2.75) is 52.6 Å². The minimum absolute atomic E-state index is 0.0307. The fraction of sp³-hybridized carbons (Fsp3) is 0.636. The quantitative estimate of drug-likeness (QED) is 0.764. The first-order valence-corrected chi connectivity index (χ1v) is 10.5. The molecule has 1 aromatic carbocycles. The summed E-state index contributed by atoms with van der Waals surface area (Å²) >= 11 is 0. The van der Waals surface area contributed by atoms with E-state index < -0.39 is 0 Å². The van der Waals surface area contributed by atoms with Crippen molar-refractivity contribution in [3.63, 3.8) is 0 Å². The van der Waals surface area contributed by atoms with Gasteiger partial charge in [-0.2, -0.15) is 0 Å². The molecular formula is C22H33N3O2. The lowest BCUT2D eigenvalue weighted by atomic mass is 9.95. The molecule has 1 saturated carbocycles. The molecule has 5 nitrogen and oxygen atoms in total. The van der Waals surface area contributed by atoms with Crippen LogP contribution >= 0.6 is 0 Å². The van der Waals surface area contributed by atoms with Crippen LogP contribution in [0.25, 0.3) is 0 Å². The first kappa shape index (κ1) is 19.9. The number of likely N-dealkylation sites (tertiary alicyclic amines) is 1. The molecule has 0 spiro atoms. The van der Waals surface area contributed by atoms with Gasteiger partial charge < -0.3 is 10.2 Å². The Balaban J connectivity index is 1.49. The Morgan fingerprint density at radius 3 is 2.22 bits per heavy atom. The fourth-order valence-corrected chi connectivity index (χ4v) is 3.85. The van der Waals surface area contributed by atoms with Crippen LogP contribution in [-0.2, 0) is 22.7 Å². The van der Waals surface area contributed by atoms with E-state index in [1.165, 1.54) is 11.1 Å². The molecule has 1 aliphatic carbocycles. The molecule has 2 fully saturated rings. The maximum Gasteiger partial charge on any atom is 0.225 e. The molecule has 0 unspecified atom stereocenters. The van der Waals surface area contributed by atoms with Crippen molar-refractivity contribution in [3.05, 3.63) is 35.4 Å². The van der Waals surface area contributed by atoms with Crippen LogP contribution in [0.2, 0.25) is 0 Å². The maximum atomic E-state index is 12.6. The van der Waals surface area contributed by atoms with Gasteiger partial charge in [-0.05, 0) is 49.9 Å². The van der Waals surface area contributed by atoms with E-state index in [0.717, 1.165) is 58.4 Å². The summed E-state index contributed by atoms with van der Waals surface area (Å²) in [6, 6.07) is 8.36. The summed E-state index contributed by atoms with van der Waals surface area (Å²) in [5.41, 5.74) is 2.48. The highest BCUT2D eigenvalue weighted by molar-refractivity contribution is 5.82. The van der Waals surface area contributed by atoms with E-state index in [4.69, 9.17) is 0 Å². The van der Waals surface area contributed by atoms with Crippen molar-refractivity contribution < 1.29 is 9.59 Å². The zero-order valence-electron chi connectivity index (χ0n) is 16.7. The first-order valence-electron chi connectivity index (χ1n) is 10.5. The maximum absolute atomic E-state index is 12.6. The highest BCUT2D eigenvalue weighted by atomic mass is 16.2. The van der Waals surface area contributed by atoms with Crippen LogP contribution in [0.3, 0.4) is 0 Å². The van der Waals surface area contributed by atoms with Crippen molar-refractivity contribution in [1.29, 1.82) is 0 Å². The van der Waals surface area contributed by atoms with E-state index in [0.29, 0.717) is 12.5 Å². The molecule has 5 heteroatoms. The van der Waals surface area contributed by atoms with Crippen LogP contribution in [0, 0.1) is 11.8 Å². The fourth-order valence-electron chi connectivity index (χ4n) is 3.85. The molecule has 2 aliphatic rings. The van der Waals surface area contributed by atoms with E-state index in [1.54, 1.807) is 0 Å². The summed E-state index contributed by atoms with van der Waals surface area (Å²) in [6.07, 6.45) is 3.66. The summed E-state index contributed by atoms with van der Waals surface area (Å²) in [5.74, 6) is 0.742. The average molecular weight is 372 g/mol. The highest BCUT2D eigenvalue weighted by Gasteiger charge is 2.35. The predicted octanol–water partition coefficient (Wildman–Crippen LogP) is 2.79. The van der Waals surface area contributed by atoms with Gasteiger partial charge in [0.15, 0.2) is 0 Å². The summed E-state index contributed by atoms with van der Waals surface area (Å²) in [5, 5.41) is 3.14. The topological polar surface area (TPSA) is 52.7 Å². The summed E-state index contributed by atoms with van der Waals surface area (Å²) < 4.78 is 0. The van der Waals surface area contributed by atoms with Gasteiger partial charge in [0.2, 0.25) is 11.8 Å². The molecule has 1 heterocycles. The van der Waals surface area contributed by atoms with Gasteiger partial charge in [-0.15, -0.1) is 0 Å². The van der Waals surface area contributed by atoms with Gasteiger partial charge in [0.05, 0.1) is 0 Å². The van der Waals surface area contributed by atoms with Crippen molar-refractivity contribution in [3.8, 4) is 0 Å². The average Bonchev–Trinajstić information content (AvgIpc) is 3.56. The summed E-state index contributed by atoms with van der Waals surface area (Å²) in [7, 11) is 0. The smallest absolute Gasteiger partial charge is 0.225 e. The summed E-state index contributed by atoms with van der Waals surface area (Å²) in [4.78, 5) is 29.1. The van der Waals surface area contributed by atoms with E-state index in [2.05, 4.69) is 42.3 Å². The standard InChI is InChI=1S/C22H33N3O2/c1-3-24(4-2)16-20-8-6-5-7-19(20)15-23-21(26)17-11-13-25(14-12-17)22(27)18-9-10-18/h5-8,17-18H,3-4,9-16H2,1-2H3,(H,23,26). The Labute approximate surface area is 163 Å². The van der Waals surface area contributed by atoms with Crippen molar-refractivity contribution in [1.82, 2.24) is 15.1 Å². The molecule has 148 valence electrons. The molecule has 1 aromatic rings. The Kier molecular flexibility index (Phi) is 6.89. The number of nitrogens with one attached hydrogen (secondary N) is 1. The lowest BCUT2D eigenvalue weighted by Crippen LogP contribution is -2.43. The Morgan fingerprint density at radius 1 is 1.00 bits per heavy atom. The molecule has 1 N–H and O–H groups in total. The van der Waals surface area contributed by atoms with Crippen molar-refractivity contribution in [2.24, 2.45) is 11.8 Å². The number of carbonyl (C=O) groups excluding carboxylic acids is 2. The number of amides is 2. The third-order valence-corrected chi connectivity index (χ3v) is 5.96. The molecule has 3 rings (SSSR count). The lowest BCUT2D eigenvalue weighted by Gasteiger charge is -2.31. The zero-order chi connectivity index (χ0) is 19.2. The number of nitrogens with zero attached hydrogens (tertiary/aromatic N) is 2. The normalized spacial score (nSPS) is 18.0. The van der Waals surface area contributed by atoms with Crippen LogP contribution in [0.4, 0.5) is 0 Å². The molecule has 27 heavy (non-hydrogen) atoms. The second-order valence-electron chi connectivity index (χ2n) is 7.82. The van der Waals surface area contributed by atoms with Gasteiger partial charge in [0.1, 0.15) is 0 Å². The molecule has 0 bridgehead atoms. The third kappa shape index (κ3) is 5.32. The zero-order valence-corrected chi connectivity index (χ0v) is 16.7. The molecule has 0 atom stereocenters. The van der Waals surface area contributed by atoms with Crippen LogP contribution in [0.5, 0.6) is 0 Å². The Bertz CT molecular complexity index is 645. The van der Waals surface area contributed by atoms with E-state index in [1.807, 2.05) is 11.0 Å². The van der Waals surface area contributed by atoms with E-state index >= 15 is 0 Å². The van der Waals surface area contributed by atoms with E-state index in [9.17, 15) is 9.59 Å². The second-order valence-corrected chi connectivity index (χ2v) is 7.82. The van der Waals surface area contributed by atoms with Gasteiger partial charge in [-0.3, -0.25) is 14.5 Å².